The van der Waals surface area contributed by atoms with Gasteiger partial charge in [0.1, 0.15) is 0 Å². The molecule has 0 N–H and O–H groups in total. The van der Waals surface area contributed by atoms with Crippen molar-refractivity contribution < 1.29 is 0 Å². The molecule has 2 rings (SSSR count). The fourth-order valence-electron chi connectivity index (χ4n) is 1.81. The highest BCUT2D eigenvalue weighted by atomic mass is 32.1. The third-order valence-electron chi connectivity index (χ3n) is 2.57. The normalized spacial score (nSPS) is 11.5. The molecule has 0 aliphatic rings. The molecule has 3 heteroatoms. The van der Waals surface area contributed by atoms with Crippen LogP contribution in [0.4, 0.5) is 0 Å². The quantitative estimate of drug-likeness (QED) is 0.710. The van der Waals surface area contributed by atoms with Gasteiger partial charge in [-0.1, -0.05) is 26.0 Å². The maximum atomic E-state index is 4.29. The predicted octanol–water partition coefficient (Wildman–Crippen LogP) is 3.16. The predicted molar refractivity (Wildman–Crippen MR) is 62.9 cm³/mol. The summed E-state index contributed by atoms with van der Waals surface area (Å²) in [7, 11) is 0. The minimum Gasteiger partial charge on any atom is -0.209 e. The maximum absolute atomic E-state index is 4.29. The molecule has 2 aromatic rings. The Bertz CT molecular complexity index is 471. The van der Waals surface area contributed by atoms with Crippen LogP contribution >= 0.6 is 12.8 Å². The molecule has 2 nitrogen and oxygen atoms in total. The van der Waals surface area contributed by atoms with E-state index in [-0.39, 0.29) is 0 Å². The Morgan fingerprint density at radius 3 is 2.71 bits per heavy atom. The number of thiol groups is 1. The molecule has 1 aromatic heterocycles. The summed E-state index contributed by atoms with van der Waals surface area (Å²) in [6, 6.07) is 4.31. The fourth-order valence-corrected chi connectivity index (χ4v) is 2.12. The summed E-state index contributed by atoms with van der Waals surface area (Å²) in [4.78, 5) is 0. The third-order valence-corrected chi connectivity index (χ3v) is 2.87. The molecule has 0 spiro atoms. The number of nitrogens with zero attached hydrogens (tertiary/aromatic N) is 2. The molecule has 0 aliphatic carbocycles. The fraction of sp³-hybridized carbons (Fsp3) is 0.364. The van der Waals surface area contributed by atoms with Gasteiger partial charge in [-0.25, -0.2) is 4.09 Å². The van der Waals surface area contributed by atoms with Crippen molar-refractivity contribution in [1.82, 2.24) is 9.19 Å². The lowest BCUT2D eigenvalue weighted by Gasteiger charge is -2.08. The molecular formula is C11H14N2S. The smallest absolute Gasteiger partial charge is 0.0840 e. The lowest BCUT2D eigenvalue weighted by Crippen LogP contribution is -1.91. The van der Waals surface area contributed by atoms with Crippen LogP contribution in [0, 0.1) is 6.92 Å². The minimum atomic E-state index is 0.524. The Balaban J connectivity index is 2.83. The summed E-state index contributed by atoms with van der Waals surface area (Å²) in [5.74, 6) is 0.524. The van der Waals surface area contributed by atoms with E-state index < -0.39 is 0 Å². The van der Waals surface area contributed by atoms with Crippen LogP contribution in [0.1, 0.15) is 30.9 Å². The molecule has 0 fully saturated rings. The number of fused-ring (bicyclic) bond motifs is 1. The van der Waals surface area contributed by atoms with E-state index in [1.807, 2.05) is 6.20 Å². The zero-order valence-corrected chi connectivity index (χ0v) is 9.55. The van der Waals surface area contributed by atoms with Gasteiger partial charge in [-0.3, -0.25) is 0 Å². The molecule has 0 saturated heterocycles. The molecule has 0 bridgehead atoms. The summed E-state index contributed by atoms with van der Waals surface area (Å²) >= 11 is 4.29. The number of aromatic nitrogens is 2. The minimum absolute atomic E-state index is 0.524. The monoisotopic (exact) mass is 206 g/mol. The summed E-state index contributed by atoms with van der Waals surface area (Å²) in [5.41, 5.74) is 3.68. The van der Waals surface area contributed by atoms with Gasteiger partial charge in [-0.2, -0.15) is 5.10 Å². The van der Waals surface area contributed by atoms with Gasteiger partial charge in [-0.15, -0.1) is 0 Å². The molecule has 0 amide bonds. The van der Waals surface area contributed by atoms with Gasteiger partial charge in [-0.05, 0) is 36.8 Å². The molecule has 0 radical (unpaired) electrons. The molecule has 0 unspecified atom stereocenters. The van der Waals surface area contributed by atoms with Crippen molar-refractivity contribution in [3.63, 3.8) is 0 Å². The zero-order chi connectivity index (χ0) is 10.3. The van der Waals surface area contributed by atoms with Crippen LogP contribution < -0.4 is 0 Å². The standard InChI is InChI=1S/C11H14N2S/c1-7(2)9-5-4-8(3)11-10(9)6-12-13(11)14/h4-7,14H,1-3H3. The van der Waals surface area contributed by atoms with Gasteiger partial charge in [0.25, 0.3) is 0 Å². The van der Waals surface area contributed by atoms with Crippen LogP contribution in [0.25, 0.3) is 10.9 Å². The number of benzene rings is 1. The molecule has 0 aliphatic heterocycles. The molecule has 0 saturated carbocycles. The Morgan fingerprint density at radius 2 is 2.07 bits per heavy atom. The van der Waals surface area contributed by atoms with E-state index in [0.29, 0.717) is 5.92 Å². The van der Waals surface area contributed by atoms with Crippen LogP contribution in [-0.4, -0.2) is 9.19 Å². The van der Waals surface area contributed by atoms with E-state index in [1.165, 1.54) is 16.5 Å². The van der Waals surface area contributed by atoms with E-state index in [0.717, 1.165) is 5.52 Å². The second kappa shape index (κ2) is 3.31. The molecule has 14 heavy (non-hydrogen) atoms. The van der Waals surface area contributed by atoms with E-state index in [1.54, 1.807) is 4.09 Å². The van der Waals surface area contributed by atoms with Crippen LogP contribution in [0.3, 0.4) is 0 Å². The van der Waals surface area contributed by atoms with Crippen LogP contribution in [0.5, 0.6) is 0 Å². The number of hydrogen-bond acceptors (Lipinski definition) is 2. The van der Waals surface area contributed by atoms with Crippen molar-refractivity contribution in [1.29, 1.82) is 0 Å². The topological polar surface area (TPSA) is 17.8 Å². The molecular weight excluding hydrogens is 192 g/mol. The first kappa shape index (κ1) is 9.59. The van der Waals surface area contributed by atoms with Crippen molar-refractivity contribution in [3.05, 3.63) is 29.5 Å². The SMILES string of the molecule is Cc1ccc(C(C)C)c2cnn(S)c12. The van der Waals surface area contributed by atoms with E-state index in [2.05, 4.69) is 50.8 Å². The van der Waals surface area contributed by atoms with Crippen molar-refractivity contribution in [2.45, 2.75) is 26.7 Å². The first-order chi connectivity index (χ1) is 6.61. The van der Waals surface area contributed by atoms with Gasteiger partial charge >= 0.3 is 0 Å². The second-order valence-corrected chi connectivity index (χ2v) is 4.30. The Kier molecular flexibility index (Phi) is 2.27. The van der Waals surface area contributed by atoms with Gasteiger partial charge in [0, 0.05) is 5.39 Å². The van der Waals surface area contributed by atoms with Gasteiger partial charge < -0.3 is 0 Å². The highest BCUT2D eigenvalue weighted by Crippen LogP contribution is 2.27. The van der Waals surface area contributed by atoms with Gasteiger partial charge in [0.2, 0.25) is 0 Å². The lowest BCUT2D eigenvalue weighted by atomic mass is 9.98. The van der Waals surface area contributed by atoms with Crippen molar-refractivity contribution >= 4 is 23.7 Å². The molecule has 1 heterocycles. The van der Waals surface area contributed by atoms with Crippen molar-refractivity contribution in [3.8, 4) is 0 Å². The number of rotatable bonds is 1. The molecule has 0 atom stereocenters. The summed E-state index contributed by atoms with van der Waals surface area (Å²) in [6.07, 6.45) is 1.89. The Morgan fingerprint density at radius 1 is 1.36 bits per heavy atom. The number of aryl methyl sites for hydroxylation is 1. The Labute approximate surface area is 89.5 Å². The summed E-state index contributed by atoms with van der Waals surface area (Å²) < 4.78 is 1.65. The first-order valence-corrected chi connectivity index (χ1v) is 5.17. The van der Waals surface area contributed by atoms with Crippen LogP contribution in [0.2, 0.25) is 0 Å². The van der Waals surface area contributed by atoms with E-state index in [4.69, 9.17) is 0 Å². The average molecular weight is 206 g/mol. The average Bonchev–Trinajstić information content (AvgIpc) is 2.49. The first-order valence-electron chi connectivity index (χ1n) is 4.77. The maximum Gasteiger partial charge on any atom is 0.0840 e. The zero-order valence-electron chi connectivity index (χ0n) is 8.65. The summed E-state index contributed by atoms with van der Waals surface area (Å²) in [5, 5.41) is 5.40. The lowest BCUT2D eigenvalue weighted by molar-refractivity contribution is 0.876. The highest BCUT2D eigenvalue weighted by molar-refractivity contribution is 7.78. The van der Waals surface area contributed by atoms with Crippen molar-refractivity contribution in [2.75, 3.05) is 0 Å². The summed E-state index contributed by atoms with van der Waals surface area (Å²) in [6.45, 7) is 6.47. The van der Waals surface area contributed by atoms with E-state index >= 15 is 0 Å². The van der Waals surface area contributed by atoms with Gasteiger partial charge in [0.05, 0.1) is 11.7 Å². The number of hydrogen-bond donors (Lipinski definition) is 1. The molecule has 1 aromatic carbocycles. The Hall–Kier alpha value is -0.960. The van der Waals surface area contributed by atoms with Crippen molar-refractivity contribution in [2.24, 2.45) is 0 Å². The highest BCUT2D eigenvalue weighted by Gasteiger charge is 2.10. The molecule has 74 valence electrons. The van der Waals surface area contributed by atoms with Gasteiger partial charge in [0.15, 0.2) is 0 Å². The van der Waals surface area contributed by atoms with Crippen LogP contribution in [0.15, 0.2) is 18.3 Å². The largest absolute Gasteiger partial charge is 0.209 e. The third kappa shape index (κ3) is 1.32. The van der Waals surface area contributed by atoms with E-state index in [9.17, 15) is 0 Å². The second-order valence-electron chi connectivity index (χ2n) is 3.92. The van der Waals surface area contributed by atoms with Crippen LogP contribution in [-0.2, 0) is 0 Å².